The Hall–Kier alpha value is -4.75. The van der Waals surface area contributed by atoms with E-state index in [-0.39, 0.29) is 17.7 Å². The lowest BCUT2D eigenvalue weighted by molar-refractivity contribution is 0.383. The van der Waals surface area contributed by atoms with Gasteiger partial charge < -0.3 is 0 Å². The first-order valence-corrected chi connectivity index (χ1v) is 12.0. The summed E-state index contributed by atoms with van der Waals surface area (Å²) < 4.78 is 200. The highest BCUT2D eigenvalue weighted by atomic mass is 19.2. The van der Waals surface area contributed by atoms with Crippen LogP contribution in [0.15, 0.2) is 44.0 Å². The molecule has 0 nitrogen and oxygen atoms in total. The largest absolute Gasteiger partial charge is 0.207 e. The summed E-state index contributed by atoms with van der Waals surface area (Å²) in [6.07, 6.45) is -3.97. The Morgan fingerprint density at radius 2 is 0.636 bits per heavy atom. The third-order valence-corrected chi connectivity index (χ3v) is 7.29. The number of hydrogen-bond acceptors (Lipinski definition) is 0. The summed E-state index contributed by atoms with van der Waals surface area (Å²) in [6, 6.07) is 2.88. The highest BCUT2D eigenvalue weighted by Gasteiger charge is 2.48. The van der Waals surface area contributed by atoms with Gasteiger partial charge in [0, 0.05) is 0 Å². The van der Waals surface area contributed by atoms with E-state index in [4.69, 9.17) is 0 Å². The van der Waals surface area contributed by atoms with Crippen LogP contribution in [0.3, 0.4) is 0 Å². The molecule has 0 heterocycles. The summed E-state index contributed by atoms with van der Waals surface area (Å²) in [7, 11) is 0. The van der Waals surface area contributed by atoms with E-state index in [2.05, 4.69) is 19.7 Å². The van der Waals surface area contributed by atoms with E-state index in [9.17, 15) is 13.2 Å². The van der Waals surface area contributed by atoms with E-state index in [1.54, 1.807) is 0 Å². The third-order valence-electron chi connectivity index (χ3n) is 7.29. The van der Waals surface area contributed by atoms with Crippen molar-refractivity contribution < 1.29 is 57.1 Å². The second-order valence-corrected chi connectivity index (χ2v) is 9.30. The van der Waals surface area contributed by atoms with E-state index in [0.29, 0.717) is 12.1 Å². The van der Waals surface area contributed by atoms with Crippen LogP contribution in [0.5, 0.6) is 0 Å². The van der Waals surface area contributed by atoms with Crippen LogP contribution in [0, 0.1) is 75.6 Å². The Bertz CT molecular complexity index is 1730. The van der Waals surface area contributed by atoms with Gasteiger partial charge in [0.05, 0.1) is 11.1 Å². The highest BCUT2D eigenvalue weighted by Crippen LogP contribution is 2.29. The van der Waals surface area contributed by atoms with Gasteiger partial charge in [0.15, 0.2) is 40.7 Å². The van der Waals surface area contributed by atoms with Gasteiger partial charge in [0.2, 0.25) is 0 Å². The molecule has 4 aromatic carbocycles. The van der Waals surface area contributed by atoms with Gasteiger partial charge >= 0.3 is 0 Å². The SMILES string of the molecule is C=Cc1ccc([B-](c2c(F)c(F)c(F)c(F)c2F)(c2c(F)c(F)c(C=C)c(F)c2F)c2c(F)c(F)c(C=C)c(F)c2F)cc1. The average Bonchev–Trinajstić information content (AvgIpc) is 3.01. The fourth-order valence-corrected chi connectivity index (χ4v) is 5.31. The lowest BCUT2D eigenvalue weighted by Gasteiger charge is -2.45. The van der Waals surface area contributed by atoms with Crippen molar-refractivity contribution in [2.24, 2.45) is 0 Å². The molecule has 0 N–H and O–H groups in total. The van der Waals surface area contributed by atoms with E-state index >= 15 is 43.9 Å². The van der Waals surface area contributed by atoms with Crippen LogP contribution in [0.1, 0.15) is 16.7 Å². The molecule has 0 aromatic heterocycles. The maximum atomic E-state index is 16.0. The monoisotopic (exact) mass is 631 g/mol. The molecule has 0 spiro atoms. The highest BCUT2D eigenvalue weighted by molar-refractivity contribution is 7.20. The molecule has 0 fully saturated rings. The molecular formula is C30H13BF13-. The maximum Gasteiger partial charge on any atom is 0.200 e. The van der Waals surface area contributed by atoms with E-state index in [1.807, 2.05) is 0 Å². The Labute approximate surface area is 240 Å². The smallest absolute Gasteiger partial charge is 0.200 e. The molecule has 0 bridgehead atoms. The Morgan fingerprint density at radius 3 is 0.909 bits per heavy atom. The van der Waals surface area contributed by atoms with Crippen LogP contribution in [-0.4, -0.2) is 6.15 Å². The maximum absolute atomic E-state index is 16.0. The summed E-state index contributed by atoms with van der Waals surface area (Å²) in [4.78, 5) is 0. The van der Waals surface area contributed by atoms with Gasteiger partial charge in [-0.05, 0) is 5.56 Å². The molecule has 44 heavy (non-hydrogen) atoms. The molecule has 0 radical (unpaired) electrons. The van der Waals surface area contributed by atoms with Crippen LogP contribution >= 0.6 is 0 Å². The number of hydrogen-bond donors (Lipinski definition) is 0. The Morgan fingerprint density at radius 1 is 0.364 bits per heavy atom. The van der Waals surface area contributed by atoms with Crippen molar-refractivity contribution in [2.75, 3.05) is 0 Å². The van der Waals surface area contributed by atoms with Crippen molar-refractivity contribution in [1.29, 1.82) is 0 Å². The van der Waals surface area contributed by atoms with Crippen molar-refractivity contribution in [2.45, 2.75) is 0 Å². The summed E-state index contributed by atoms with van der Waals surface area (Å²) in [5.74, 6) is -34.9. The number of halogens is 13. The van der Waals surface area contributed by atoms with Crippen molar-refractivity contribution >= 4 is 46.2 Å². The molecule has 4 aromatic rings. The van der Waals surface area contributed by atoms with Gasteiger partial charge in [-0.15, -0.1) is 16.4 Å². The van der Waals surface area contributed by atoms with Crippen LogP contribution in [0.25, 0.3) is 18.2 Å². The third kappa shape index (κ3) is 4.26. The van der Waals surface area contributed by atoms with E-state index in [1.165, 1.54) is 0 Å². The van der Waals surface area contributed by atoms with Crippen LogP contribution in [0.4, 0.5) is 57.1 Å². The normalized spacial score (nSPS) is 11.6. The number of rotatable bonds is 7. The minimum atomic E-state index is -5.52. The first-order valence-electron chi connectivity index (χ1n) is 12.0. The summed E-state index contributed by atoms with van der Waals surface area (Å²) in [5.41, 5.74) is -11.5. The van der Waals surface area contributed by atoms with Crippen molar-refractivity contribution in [1.82, 2.24) is 0 Å². The average molecular weight is 631 g/mol. The Kier molecular flexibility index (Phi) is 8.33. The van der Waals surface area contributed by atoms with Crippen molar-refractivity contribution in [3.8, 4) is 0 Å². The molecule has 228 valence electrons. The second-order valence-electron chi connectivity index (χ2n) is 9.30. The first kappa shape index (κ1) is 32.2. The van der Waals surface area contributed by atoms with Crippen LogP contribution < -0.4 is 21.9 Å². The van der Waals surface area contributed by atoms with E-state index in [0.717, 1.165) is 18.2 Å². The van der Waals surface area contributed by atoms with Crippen molar-refractivity contribution in [3.63, 3.8) is 0 Å². The van der Waals surface area contributed by atoms with Gasteiger partial charge in [-0.25, -0.2) is 57.1 Å². The van der Waals surface area contributed by atoms with Gasteiger partial charge in [-0.3, -0.25) is 0 Å². The molecule has 0 aliphatic carbocycles. The Balaban J connectivity index is 2.57. The molecule has 0 aliphatic rings. The molecule has 14 heteroatoms. The fraction of sp³-hybridized carbons (Fsp3) is 0. The van der Waals surface area contributed by atoms with Crippen LogP contribution in [-0.2, 0) is 0 Å². The van der Waals surface area contributed by atoms with Gasteiger partial charge in [0.25, 0.3) is 0 Å². The topological polar surface area (TPSA) is 0 Å². The first-order chi connectivity index (χ1) is 20.6. The molecule has 0 amide bonds. The summed E-state index contributed by atoms with van der Waals surface area (Å²) >= 11 is 0. The lowest BCUT2D eigenvalue weighted by atomic mass is 9.12. The molecule has 4 rings (SSSR count). The predicted molar refractivity (Wildman–Crippen MR) is 140 cm³/mol. The molecule has 0 saturated carbocycles. The summed E-state index contributed by atoms with van der Waals surface area (Å²) in [6.45, 7) is 9.28. The molecule has 0 atom stereocenters. The minimum Gasteiger partial charge on any atom is -0.207 e. The standard InChI is InChI=1S/C30H13BF13/c1-4-11-7-9-12(10-8-11)31(17-26(40)28(42)30(44)29(43)27(17)41,15-22(36)18(32)13(5-2)19(33)23(15)37)16-24(38)20(34)14(6-3)21(35)25(16)39/h4-10H,1-3H2/q-1. The predicted octanol–water partition coefficient (Wildman–Crippen LogP) is 6.80. The van der Waals surface area contributed by atoms with E-state index < -0.39 is 115 Å². The van der Waals surface area contributed by atoms with Gasteiger partial charge in [-0.1, -0.05) is 62.2 Å². The molecule has 0 unspecified atom stereocenters. The molecular weight excluding hydrogens is 618 g/mol. The van der Waals surface area contributed by atoms with Gasteiger partial charge in [0.1, 0.15) is 41.0 Å². The second kappa shape index (κ2) is 11.4. The number of benzene rings is 4. The zero-order valence-electron chi connectivity index (χ0n) is 21.7. The minimum absolute atomic E-state index is 0.0662. The molecule has 0 aliphatic heterocycles. The van der Waals surface area contributed by atoms with Gasteiger partial charge in [-0.2, -0.15) is 5.46 Å². The fourth-order valence-electron chi connectivity index (χ4n) is 5.31. The zero-order valence-corrected chi connectivity index (χ0v) is 21.7. The lowest BCUT2D eigenvalue weighted by Crippen LogP contribution is -2.79. The quantitative estimate of drug-likeness (QED) is 0.0912. The molecule has 0 saturated heterocycles. The zero-order chi connectivity index (χ0) is 33.0. The van der Waals surface area contributed by atoms with Crippen molar-refractivity contribution in [3.05, 3.63) is 136 Å². The summed E-state index contributed by atoms with van der Waals surface area (Å²) in [5, 5.41) is 0. The van der Waals surface area contributed by atoms with Crippen LogP contribution in [0.2, 0.25) is 0 Å².